The Morgan fingerprint density at radius 2 is 2.29 bits per heavy atom. The van der Waals surface area contributed by atoms with E-state index in [9.17, 15) is 13.6 Å². The average molecular weight is 223 g/mol. The molecule has 3 nitrogen and oxygen atoms in total. The minimum absolute atomic E-state index is 0.0165. The number of carbonyl (C=O) groups is 1. The van der Waals surface area contributed by atoms with Crippen molar-refractivity contribution in [3.05, 3.63) is 16.4 Å². The molecule has 0 aliphatic rings. The van der Waals surface area contributed by atoms with E-state index in [4.69, 9.17) is 11.6 Å². The van der Waals surface area contributed by atoms with Gasteiger partial charge in [0, 0.05) is 6.54 Å². The lowest BCUT2D eigenvalue weighted by Crippen LogP contribution is -1.99. The Hall–Kier alpha value is -0.970. The van der Waals surface area contributed by atoms with Crippen LogP contribution in [0.4, 0.5) is 8.78 Å². The normalized spacial score (nSPS) is 10.9. The van der Waals surface area contributed by atoms with E-state index in [1.165, 1.54) is 4.68 Å². The minimum Gasteiger partial charge on any atom is -0.298 e. The Labute approximate surface area is 84.7 Å². The SMILES string of the molecule is CCCn1nc(C(F)F)c(C=O)c1Cl. The van der Waals surface area contributed by atoms with Crippen LogP contribution in [0.25, 0.3) is 0 Å². The van der Waals surface area contributed by atoms with Gasteiger partial charge in [-0.25, -0.2) is 8.78 Å². The first-order valence-electron chi connectivity index (χ1n) is 4.11. The van der Waals surface area contributed by atoms with Gasteiger partial charge in [-0.05, 0) is 6.42 Å². The lowest BCUT2D eigenvalue weighted by atomic mass is 10.3. The molecule has 78 valence electrons. The second kappa shape index (κ2) is 4.50. The molecule has 1 aromatic heterocycles. The van der Waals surface area contributed by atoms with Crippen molar-refractivity contribution in [1.29, 1.82) is 0 Å². The Morgan fingerprint density at radius 1 is 1.64 bits per heavy atom. The van der Waals surface area contributed by atoms with E-state index in [0.29, 0.717) is 19.3 Å². The molecule has 0 fully saturated rings. The van der Waals surface area contributed by atoms with Crippen LogP contribution in [-0.2, 0) is 6.54 Å². The molecular weight excluding hydrogens is 214 g/mol. The molecule has 6 heteroatoms. The summed E-state index contributed by atoms with van der Waals surface area (Å²) in [7, 11) is 0. The predicted molar refractivity (Wildman–Crippen MR) is 47.9 cm³/mol. The number of aldehydes is 1. The highest BCUT2D eigenvalue weighted by atomic mass is 35.5. The van der Waals surface area contributed by atoms with Gasteiger partial charge in [-0.2, -0.15) is 5.10 Å². The maximum Gasteiger partial charge on any atom is 0.282 e. The summed E-state index contributed by atoms with van der Waals surface area (Å²) in [6.07, 6.45) is -1.75. The molecule has 0 atom stereocenters. The molecule has 1 aromatic rings. The lowest BCUT2D eigenvalue weighted by molar-refractivity contribution is 0.110. The molecule has 0 saturated carbocycles. The van der Waals surface area contributed by atoms with Crippen LogP contribution in [0, 0.1) is 0 Å². The zero-order valence-electron chi connectivity index (χ0n) is 7.51. The minimum atomic E-state index is -2.77. The molecule has 0 saturated heterocycles. The van der Waals surface area contributed by atoms with Crippen LogP contribution in [0.2, 0.25) is 5.15 Å². The van der Waals surface area contributed by atoms with Gasteiger partial charge in [0.25, 0.3) is 6.43 Å². The summed E-state index contributed by atoms with van der Waals surface area (Å²) in [4.78, 5) is 10.5. The monoisotopic (exact) mass is 222 g/mol. The zero-order chi connectivity index (χ0) is 10.7. The molecule has 0 N–H and O–H groups in total. The molecule has 1 heterocycles. The van der Waals surface area contributed by atoms with Crippen molar-refractivity contribution in [2.45, 2.75) is 26.3 Å². The van der Waals surface area contributed by atoms with Crippen LogP contribution in [-0.4, -0.2) is 16.1 Å². The standard InChI is InChI=1S/C8H9ClF2N2O/c1-2-3-13-7(9)5(4-14)6(12-13)8(10)11/h4,8H,2-3H2,1H3. The number of aromatic nitrogens is 2. The molecule has 0 aliphatic heterocycles. The zero-order valence-corrected chi connectivity index (χ0v) is 8.26. The predicted octanol–water partition coefficient (Wildman–Crippen LogP) is 2.70. The first-order valence-corrected chi connectivity index (χ1v) is 4.49. The highest BCUT2D eigenvalue weighted by Crippen LogP contribution is 2.26. The number of carbonyl (C=O) groups excluding carboxylic acids is 1. The largest absolute Gasteiger partial charge is 0.298 e. The van der Waals surface area contributed by atoms with Gasteiger partial charge in [-0.1, -0.05) is 18.5 Å². The second-order valence-corrected chi connectivity index (χ2v) is 3.09. The third-order valence-electron chi connectivity index (χ3n) is 1.71. The van der Waals surface area contributed by atoms with Crippen molar-refractivity contribution in [3.8, 4) is 0 Å². The van der Waals surface area contributed by atoms with Gasteiger partial charge >= 0.3 is 0 Å². The van der Waals surface area contributed by atoms with Crippen molar-refractivity contribution >= 4 is 17.9 Å². The number of aryl methyl sites for hydroxylation is 1. The second-order valence-electron chi connectivity index (χ2n) is 2.73. The molecule has 0 aromatic carbocycles. The topological polar surface area (TPSA) is 34.9 Å². The van der Waals surface area contributed by atoms with E-state index in [-0.39, 0.29) is 10.7 Å². The maximum atomic E-state index is 12.4. The third-order valence-corrected chi connectivity index (χ3v) is 2.11. The summed E-state index contributed by atoms with van der Waals surface area (Å²) in [5.41, 5.74) is -0.756. The van der Waals surface area contributed by atoms with E-state index in [0.717, 1.165) is 0 Å². The molecule has 0 radical (unpaired) electrons. The smallest absolute Gasteiger partial charge is 0.282 e. The number of rotatable bonds is 4. The van der Waals surface area contributed by atoms with Crippen molar-refractivity contribution in [2.24, 2.45) is 0 Å². The molecule has 0 spiro atoms. The van der Waals surface area contributed by atoms with E-state index < -0.39 is 12.1 Å². The Bertz CT molecular complexity index is 338. The van der Waals surface area contributed by atoms with Gasteiger partial charge in [0.05, 0.1) is 5.56 Å². The van der Waals surface area contributed by atoms with Gasteiger partial charge in [0.1, 0.15) is 10.8 Å². The fraction of sp³-hybridized carbons (Fsp3) is 0.500. The summed E-state index contributed by atoms with van der Waals surface area (Å²) in [5, 5.41) is 3.56. The van der Waals surface area contributed by atoms with Crippen LogP contribution in [0.1, 0.15) is 35.8 Å². The third kappa shape index (κ3) is 1.92. The molecule has 1 rings (SSSR count). The first-order chi connectivity index (χ1) is 6.61. The summed E-state index contributed by atoms with van der Waals surface area (Å²) in [6.45, 7) is 2.28. The highest BCUT2D eigenvalue weighted by Gasteiger charge is 2.22. The van der Waals surface area contributed by atoms with Crippen molar-refractivity contribution in [1.82, 2.24) is 9.78 Å². The van der Waals surface area contributed by atoms with Crippen molar-refractivity contribution in [2.75, 3.05) is 0 Å². The Kier molecular flexibility index (Phi) is 3.57. The highest BCUT2D eigenvalue weighted by molar-refractivity contribution is 6.32. The summed E-state index contributed by atoms with van der Waals surface area (Å²) < 4.78 is 25.9. The summed E-state index contributed by atoms with van der Waals surface area (Å²) in [5.74, 6) is 0. The Morgan fingerprint density at radius 3 is 2.64 bits per heavy atom. The molecule has 0 amide bonds. The van der Waals surface area contributed by atoms with Gasteiger partial charge < -0.3 is 0 Å². The number of hydrogen-bond acceptors (Lipinski definition) is 2. The maximum absolute atomic E-state index is 12.4. The first kappa shape index (κ1) is 11.1. The molecule has 0 unspecified atom stereocenters. The van der Waals surface area contributed by atoms with Crippen LogP contribution in [0.15, 0.2) is 0 Å². The van der Waals surface area contributed by atoms with Gasteiger partial charge in [-0.3, -0.25) is 9.48 Å². The number of alkyl halides is 2. The van der Waals surface area contributed by atoms with Gasteiger partial charge in [0.15, 0.2) is 6.29 Å². The average Bonchev–Trinajstić information content (AvgIpc) is 2.44. The summed E-state index contributed by atoms with van der Waals surface area (Å²) >= 11 is 5.69. The van der Waals surface area contributed by atoms with Crippen molar-refractivity contribution in [3.63, 3.8) is 0 Å². The molecule has 0 bridgehead atoms. The van der Waals surface area contributed by atoms with E-state index in [1.807, 2.05) is 6.92 Å². The van der Waals surface area contributed by atoms with Gasteiger partial charge in [-0.15, -0.1) is 0 Å². The molecular formula is C8H9ClF2N2O. The van der Waals surface area contributed by atoms with Gasteiger partial charge in [0.2, 0.25) is 0 Å². The lowest BCUT2D eigenvalue weighted by Gasteiger charge is -1.97. The molecule has 14 heavy (non-hydrogen) atoms. The van der Waals surface area contributed by atoms with Crippen LogP contribution in [0.3, 0.4) is 0 Å². The quantitative estimate of drug-likeness (QED) is 0.735. The van der Waals surface area contributed by atoms with E-state index in [2.05, 4.69) is 5.10 Å². The van der Waals surface area contributed by atoms with Crippen molar-refractivity contribution < 1.29 is 13.6 Å². The van der Waals surface area contributed by atoms with Crippen LogP contribution < -0.4 is 0 Å². The number of hydrogen-bond donors (Lipinski definition) is 0. The van der Waals surface area contributed by atoms with E-state index in [1.54, 1.807) is 0 Å². The number of nitrogens with zero attached hydrogens (tertiary/aromatic N) is 2. The number of halogens is 3. The Balaban J connectivity index is 3.17. The fourth-order valence-electron chi connectivity index (χ4n) is 1.10. The van der Waals surface area contributed by atoms with Crippen LogP contribution >= 0.6 is 11.6 Å². The summed E-state index contributed by atoms with van der Waals surface area (Å²) in [6, 6.07) is 0. The molecule has 0 aliphatic carbocycles. The van der Waals surface area contributed by atoms with Crippen LogP contribution in [0.5, 0.6) is 0 Å². The van der Waals surface area contributed by atoms with E-state index >= 15 is 0 Å². The fourth-order valence-corrected chi connectivity index (χ4v) is 1.37.